The van der Waals surface area contributed by atoms with Crippen molar-refractivity contribution in [3.8, 4) is 0 Å². The van der Waals surface area contributed by atoms with Gasteiger partial charge in [0.25, 0.3) is 0 Å². The molecule has 0 radical (unpaired) electrons. The van der Waals surface area contributed by atoms with Crippen LogP contribution < -0.4 is 4.90 Å². The molecule has 21 heavy (non-hydrogen) atoms. The van der Waals surface area contributed by atoms with E-state index in [1.54, 1.807) is 6.07 Å². The van der Waals surface area contributed by atoms with Crippen LogP contribution in [0.2, 0.25) is 0 Å². The minimum absolute atomic E-state index is 0.145. The quantitative estimate of drug-likeness (QED) is 0.800. The lowest BCUT2D eigenvalue weighted by Crippen LogP contribution is -2.36. The van der Waals surface area contributed by atoms with Crippen LogP contribution in [0.1, 0.15) is 49.0 Å². The maximum atomic E-state index is 12.4. The van der Waals surface area contributed by atoms with Crippen LogP contribution in [0.4, 0.5) is 5.69 Å². The van der Waals surface area contributed by atoms with Gasteiger partial charge in [0.15, 0.2) is 0 Å². The number of fused-ring (bicyclic) bond motifs is 1. The second-order valence-electron chi connectivity index (χ2n) is 5.88. The molecule has 1 aliphatic heterocycles. The Kier molecular flexibility index (Phi) is 4.99. The number of benzene rings is 1. The van der Waals surface area contributed by atoms with Gasteiger partial charge in [-0.15, -0.1) is 0 Å². The summed E-state index contributed by atoms with van der Waals surface area (Å²) in [5, 5.41) is 0. The molecule has 0 bridgehead atoms. The molecule has 0 fully saturated rings. The summed E-state index contributed by atoms with van der Waals surface area (Å²) in [6.07, 6.45) is 3.14. The largest absolute Gasteiger partial charge is 0.465 e. The van der Waals surface area contributed by atoms with Gasteiger partial charge >= 0.3 is 5.97 Å². The van der Waals surface area contributed by atoms with Gasteiger partial charge in [-0.3, -0.25) is 4.79 Å². The Morgan fingerprint density at radius 3 is 2.76 bits per heavy atom. The van der Waals surface area contributed by atoms with Gasteiger partial charge in [0.05, 0.1) is 12.7 Å². The molecule has 1 aliphatic rings. The second-order valence-corrected chi connectivity index (χ2v) is 5.88. The highest BCUT2D eigenvalue weighted by Crippen LogP contribution is 2.31. The van der Waals surface area contributed by atoms with E-state index in [0.29, 0.717) is 17.9 Å². The van der Waals surface area contributed by atoms with Gasteiger partial charge in [-0.05, 0) is 42.9 Å². The average Bonchev–Trinajstić information content (AvgIpc) is 2.50. The van der Waals surface area contributed by atoms with Crippen molar-refractivity contribution in [2.24, 2.45) is 5.92 Å². The van der Waals surface area contributed by atoms with Gasteiger partial charge in [0.2, 0.25) is 5.91 Å². The first-order valence-electron chi connectivity index (χ1n) is 7.55. The molecule has 2 rings (SSSR count). The summed E-state index contributed by atoms with van der Waals surface area (Å²) in [7, 11) is 1.39. The van der Waals surface area contributed by atoms with Crippen molar-refractivity contribution in [3.05, 3.63) is 29.3 Å². The van der Waals surface area contributed by atoms with E-state index in [9.17, 15) is 9.59 Å². The Balaban J connectivity index is 2.27. The molecule has 1 heterocycles. The van der Waals surface area contributed by atoms with E-state index in [-0.39, 0.29) is 11.9 Å². The zero-order valence-corrected chi connectivity index (χ0v) is 13.0. The molecule has 0 spiro atoms. The number of nitrogens with zero attached hydrogens (tertiary/aromatic N) is 1. The number of ether oxygens (including phenoxy) is 1. The third kappa shape index (κ3) is 3.43. The molecular formula is C17H23NO3. The second kappa shape index (κ2) is 6.74. The first-order valence-corrected chi connectivity index (χ1v) is 7.55. The van der Waals surface area contributed by atoms with E-state index in [1.165, 1.54) is 7.11 Å². The summed E-state index contributed by atoms with van der Waals surface area (Å²) >= 11 is 0. The highest BCUT2D eigenvalue weighted by atomic mass is 16.5. The molecular weight excluding hydrogens is 266 g/mol. The summed E-state index contributed by atoms with van der Waals surface area (Å²) in [6.45, 7) is 4.97. The number of amides is 1. The number of carbonyl (C=O) groups is 2. The first kappa shape index (κ1) is 15.5. The Morgan fingerprint density at radius 2 is 2.10 bits per heavy atom. The summed E-state index contributed by atoms with van der Waals surface area (Å²) in [6, 6.07) is 5.51. The molecule has 0 aromatic heterocycles. The van der Waals surface area contributed by atoms with Crippen molar-refractivity contribution in [2.75, 3.05) is 18.6 Å². The van der Waals surface area contributed by atoms with Crippen LogP contribution in [0.15, 0.2) is 18.2 Å². The highest BCUT2D eigenvalue weighted by Gasteiger charge is 2.26. The standard InChI is InChI=1S/C17H23NO3/c1-12(2)9-10-16(19)18-11-5-7-13-14(17(20)21-3)6-4-8-15(13)18/h4,6,8,12H,5,7,9-11H2,1-3H3. The molecule has 0 aliphatic carbocycles. The Morgan fingerprint density at radius 1 is 1.33 bits per heavy atom. The summed E-state index contributed by atoms with van der Waals surface area (Å²) in [5.74, 6) is 0.328. The van der Waals surface area contributed by atoms with E-state index in [0.717, 1.165) is 37.1 Å². The topological polar surface area (TPSA) is 46.6 Å². The van der Waals surface area contributed by atoms with Crippen molar-refractivity contribution >= 4 is 17.6 Å². The predicted molar refractivity (Wildman–Crippen MR) is 82.5 cm³/mol. The number of esters is 1. The number of methoxy groups -OCH3 is 1. The lowest BCUT2D eigenvalue weighted by molar-refractivity contribution is -0.119. The monoisotopic (exact) mass is 289 g/mol. The van der Waals surface area contributed by atoms with Crippen LogP contribution >= 0.6 is 0 Å². The molecule has 0 saturated carbocycles. The molecule has 1 amide bonds. The number of carbonyl (C=O) groups excluding carboxylic acids is 2. The predicted octanol–water partition coefficient (Wildman–Crippen LogP) is 3.19. The van der Waals surface area contributed by atoms with Crippen LogP contribution in [0.5, 0.6) is 0 Å². The molecule has 0 atom stereocenters. The van der Waals surface area contributed by atoms with E-state index in [2.05, 4.69) is 13.8 Å². The fraction of sp³-hybridized carbons (Fsp3) is 0.529. The van der Waals surface area contributed by atoms with Crippen LogP contribution in [0.25, 0.3) is 0 Å². The third-order valence-electron chi connectivity index (χ3n) is 3.89. The van der Waals surface area contributed by atoms with Gasteiger partial charge in [-0.25, -0.2) is 4.79 Å². The number of hydrogen-bond acceptors (Lipinski definition) is 3. The average molecular weight is 289 g/mol. The smallest absolute Gasteiger partial charge is 0.338 e. The fourth-order valence-electron chi connectivity index (χ4n) is 2.73. The van der Waals surface area contributed by atoms with Crippen molar-refractivity contribution in [1.82, 2.24) is 0 Å². The minimum Gasteiger partial charge on any atom is -0.465 e. The first-order chi connectivity index (χ1) is 10.0. The zero-order chi connectivity index (χ0) is 15.4. The minimum atomic E-state index is -0.330. The van der Waals surface area contributed by atoms with Crippen LogP contribution in [-0.2, 0) is 16.0 Å². The van der Waals surface area contributed by atoms with E-state index >= 15 is 0 Å². The Labute approximate surface area is 126 Å². The fourth-order valence-corrected chi connectivity index (χ4v) is 2.73. The number of hydrogen-bond donors (Lipinski definition) is 0. The van der Waals surface area contributed by atoms with Crippen LogP contribution in [-0.4, -0.2) is 25.5 Å². The molecule has 0 saturated heterocycles. The lowest BCUT2D eigenvalue weighted by atomic mass is 9.95. The van der Waals surface area contributed by atoms with Crippen LogP contribution in [0.3, 0.4) is 0 Å². The summed E-state index contributed by atoms with van der Waals surface area (Å²) < 4.78 is 4.83. The van der Waals surface area contributed by atoms with Crippen molar-refractivity contribution in [1.29, 1.82) is 0 Å². The maximum absolute atomic E-state index is 12.4. The Bertz CT molecular complexity index is 537. The van der Waals surface area contributed by atoms with Crippen molar-refractivity contribution in [3.63, 3.8) is 0 Å². The van der Waals surface area contributed by atoms with Crippen molar-refractivity contribution < 1.29 is 14.3 Å². The van der Waals surface area contributed by atoms with E-state index in [1.807, 2.05) is 17.0 Å². The summed E-state index contributed by atoms with van der Waals surface area (Å²) in [5.41, 5.74) is 2.39. The van der Waals surface area contributed by atoms with Gasteiger partial charge < -0.3 is 9.64 Å². The summed E-state index contributed by atoms with van der Waals surface area (Å²) in [4.78, 5) is 26.1. The highest BCUT2D eigenvalue weighted by molar-refractivity contribution is 5.98. The van der Waals surface area contributed by atoms with Gasteiger partial charge in [0, 0.05) is 18.7 Å². The van der Waals surface area contributed by atoms with Gasteiger partial charge in [-0.2, -0.15) is 0 Å². The molecule has 1 aromatic carbocycles. The van der Waals surface area contributed by atoms with E-state index < -0.39 is 0 Å². The Hall–Kier alpha value is -1.84. The number of rotatable bonds is 4. The molecule has 0 unspecified atom stereocenters. The van der Waals surface area contributed by atoms with Gasteiger partial charge in [0.1, 0.15) is 0 Å². The molecule has 1 aromatic rings. The molecule has 0 N–H and O–H groups in total. The SMILES string of the molecule is COC(=O)c1cccc2c1CCCN2C(=O)CCC(C)C. The maximum Gasteiger partial charge on any atom is 0.338 e. The third-order valence-corrected chi connectivity index (χ3v) is 3.89. The van der Waals surface area contributed by atoms with Gasteiger partial charge in [-0.1, -0.05) is 19.9 Å². The normalized spacial score (nSPS) is 14.0. The lowest BCUT2D eigenvalue weighted by Gasteiger charge is -2.30. The van der Waals surface area contributed by atoms with E-state index in [4.69, 9.17) is 4.74 Å². The van der Waals surface area contributed by atoms with Crippen LogP contribution in [0, 0.1) is 5.92 Å². The van der Waals surface area contributed by atoms with Crippen molar-refractivity contribution in [2.45, 2.75) is 39.5 Å². The zero-order valence-electron chi connectivity index (χ0n) is 13.0. The molecule has 4 nitrogen and oxygen atoms in total. The molecule has 4 heteroatoms. The number of anilines is 1. The molecule has 114 valence electrons.